The van der Waals surface area contributed by atoms with Crippen molar-refractivity contribution in [2.75, 3.05) is 18.4 Å². The highest BCUT2D eigenvalue weighted by atomic mass is 32.2. The molecule has 1 aromatic rings. The number of non-ortho nitro benzene ring substituents is 1. The number of nitrogens with two attached hydrogens (primary N) is 1. The fourth-order valence-corrected chi connectivity index (χ4v) is 2.77. The third-order valence-electron chi connectivity index (χ3n) is 2.49. The number of amides is 1. The van der Waals surface area contributed by atoms with Gasteiger partial charge in [-0.3, -0.25) is 14.9 Å². The fraction of sp³-hybridized carbons (Fsp3) is 0.364. The molecule has 0 aliphatic heterocycles. The smallest absolute Gasteiger partial charge is 0.271 e. The van der Waals surface area contributed by atoms with Crippen molar-refractivity contribution in [2.24, 2.45) is 5.73 Å². The molecule has 116 valence electrons. The molecule has 0 saturated heterocycles. The molecule has 0 bridgehead atoms. The van der Waals surface area contributed by atoms with E-state index in [9.17, 15) is 23.3 Å². The Morgan fingerprint density at radius 2 is 2.10 bits per heavy atom. The molecule has 0 aliphatic carbocycles. The van der Waals surface area contributed by atoms with Gasteiger partial charge in [-0.15, -0.1) is 0 Å². The molecule has 4 N–H and O–H groups in total. The van der Waals surface area contributed by atoms with Crippen molar-refractivity contribution in [1.29, 1.82) is 0 Å². The Hall–Kier alpha value is -2.20. The third kappa shape index (κ3) is 4.68. The van der Waals surface area contributed by atoms with Crippen LogP contribution < -0.4 is 15.8 Å². The lowest BCUT2D eigenvalue weighted by Crippen LogP contribution is -2.28. The van der Waals surface area contributed by atoms with Crippen LogP contribution in [-0.2, 0) is 14.8 Å². The summed E-state index contributed by atoms with van der Waals surface area (Å²) in [5, 5.41) is 13.5. The highest BCUT2D eigenvalue weighted by molar-refractivity contribution is 7.89. The summed E-state index contributed by atoms with van der Waals surface area (Å²) in [5.74, 6) is -0.631. The minimum absolute atomic E-state index is 0.123. The Kier molecular flexibility index (Phi) is 5.61. The number of nitrogens with zero attached hydrogens (tertiary/aromatic N) is 1. The van der Waals surface area contributed by atoms with Crippen molar-refractivity contribution in [3.05, 3.63) is 28.3 Å². The number of nitro groups is 1. The maximum atomic E-state index is 12.1. The first kappa shape index (κ1) is 16.9. The standard InChI is InChI=1S/C11H16N4O5S/c1-2-13-9-7-8(15(17)18)3-4-10(9)21(19,20)14-6-5-11(12)16/h3-4,7,13-14H,2,5-6H2,1H3,(H2,12,16). The van der Waals surface area contributed by atoms with Gasteiger partial charge in [-0.1, -0.05) is 0 Å². The van der Waals surface area contributed by atoms with Crippen LogP contribution in [0.5, 0.6) is 0 Å². The van der Waals surface area contributed by atoms with Crippen LogP contribution in [0.4, 0.5) is 11.4 Å². The maximum absolute atomic E-state index is 12.1. The number of benzene rings is 1. The molecule has 0 radical (unpaired) electrons. The van der Waals surface area contributed by atoms with Gasteiger partial charge < -0.3 is 11.1 Å². The van der Waals surface area contributed by atoms with E-state index in [1.54, 1.807) is 6.92 Å². The number of hydrogen-bond acceptors (Lipinski definition) is 6. The van der Waals surface area contributed by atoms with Crippen LogP contribution in [-0.4, -0.2) is 32.3 Å². The Morgan fingerprint density at radius 3 is 2.62 bits per heavy atom. The molecule has 0 fully saturated rings. The lowest BCUT2D eigenvalue weighted by molar-refractivity contribution is -0.384. The minimum atomic E-state index is -3.89. The third-order valence-corrected chi connectivity index (χ3v) is 4.01. The van der Waals surface area contributed by atoms with E-state index >= 15 is 0 Å². The Balaban J connectivity index is 3.09. The molecule has 9 nitrogen and oxygen atoms in total. The van der Waals surface area contributed by atoms with E-state index < -0.39 is 20.9 Å². The van der Waals surface area contributed by atoms with E-state index in [2.05, 4.69) is 10.0 Å². The Morgan fingerprint density at radius 1 is 1.43 bits per heavy atom. The predicted molar refractivity (Wildman–Crippen MR) is 76.3 cm³/mol. The molecule has 21 heavy (non-hydrogen) atoms. The number of nitro benzene ring substituents is 1. The van der Waals surface area contributed by atoms with Crippen LogP contribution in [0.2, 0.25) is 0 Å². The molecule has 1 amide bonds. The molecule has 10 heteroatoms. The van der Waals surface area contributed by atoms with Crippen LogP contribution in [0.3, 0.4) is 0 Å². The number of carbonyl (C=O) groups excluding carboxylic acids is 1. The average molecular weight is 316 g/mol. The lowest BCUT2D eigenvalue weighted by Gasteiger charge is -2.12. The summed E-state index contributed by atoms with van der Waals surface area (Å²) in [4.78, 5) is 20.6. The highest BCUT2D eigenvalue weighted by Gasteiger charge is 2.21. The molecule has 0 aliphatic rings. The molecule has 1 aromatic carbocycles. The van der Waals surface area contributed by atoms with Gasteiger partial charge in [0.15, 0.2) is 0 Å². The van der Waals surface area contributed by atoms with Gasteiger partial charge in [0.05, 0.1) is 10.6 Å². The van der Waals surface area contributed by atoms with Crippen LogP contribution in [0.25, 0.3) is 0 Å². The van der Waals surface area contributed by atoms with Crippen molar-refractivity contribution >= 4 is 27.3 Å². The summed E-state index contributed by atoms with van der Waals surface area (Å²) >= 11 is 0. The van der Waals surface area contributed by atoms with Crippen LogP contribution in [0.15, 0.2) is 23.1 Å². The molecule has 0 spiro atoms. The van der Waals surface area contributed by atoms with E-state index in [1.165, 1.54) is 0 Å². The summed E-state index contributed by atoms with van der Waals surface area (Å²) in [5.41, 5.74) is 4.83. The van der Waals surface area contributed by atoms with Crippen LogP contribution >= 0.6 is 0 Å². The number of primary amides is 1. The van der Waals surface area contributed by atoms with Gasteiger partial charge >= 0.3 is 0 Å². The zero-order valence-corrected chi connectivity index (χ0v) is 12.1. The monoisotopic (exact) mass is 316 g/mol. The van der Waals surface area contributed by atoms with Gasteiger partial charge in [0.2, 0.25) is 15.9 Å². The van der Waals surface area contributed by atoms with Crippen LogP contribution in [0, 0.1) is 10.1 Å². The highest BCUT2D eigenvalue weighted by Crippen LogP contribution is 2.26. The second-order valence-electron chi connectivity index (χ2n) is 4.08. The van der Waals surface area contributed by atoms with Crippen molar-refractivity contribution in [3.8, 4) is 0 Å². The first-order valence-electron chi connectivity index (χ1n) is 6.08. The van der Waals surface area contributed by atoms with E-state index in [1.807, 2.05) is 0 Å². The van der Waals surface area contributed by atoms with Gasteiger partial charge in [0, 0.05) is 31.6 Å². The largest absolute Gasteiger partial charge is 0.384 e. The molecule has 0 saturated carbocycles. The van der Waals surface area contributed by atoms with Gasteiger partial charge in [0.1, 0.15) is 4.90 Å². The van der Waals surface area contributed by atoms with E-state index in [-0.39, 0.29) is 29.2 Å². The number of rotatable bonds is 8. The Bertz CT molecular complexity index is 644. The molecule has 0 heterocycles. The topological polar surface area (TPSA) is 144 Å². The van der Waals surface area contributed by atoms with Gasteiger partial charge in [-0.05, 0) is 13.0 Å². The molecule has 0 aromatic heterocycles. The molecular weight excluding hydrogens is 300 g/mol. The maximum Gasteiger partial charge on any atom is 0.271 e. The van der Waals surface area contributed by atoms with Crippen molar-refractivity contribution in [1.82, 2.24) is 4.72 Å². The zero-order valence-electron chi connectivity index (χ0n) is 11.3. The summed E-state index contributed by atoms with van der Waals surface area (Å²) in [6, 6.07) is 3.39. The summed E-state index contributed by atoms with van der Waals surface area (Å²) in [6.45, 7) is 1.99. The van der Waals surface area contributed by atoms with Gasteiger partial charge in [-0.2, -0.15) is 0 Å². The number of nitrogens with one attached hydrogen (secondary N) is 2. The second kappa shape index (κ2) is 6.99. The number of sulfonamides is 1. The van der Waals surface area contributed by atoms with Gasteiger partial charge in [0.25, 0.3) is 5.69 Å². The summed E-state index contributed by atoms with van der Waals surface area (Å²) in [7, 11) is -3.89. The average Bonchev–Trinajstić information content (AvgIpc) is 2.38. The van der Waals surface area contributed by atoms with Gasteiger partial charge in [-0.25, -0.2) is 13.1 Å². The summed E-state index contributed by atoms with van der Waals surface area (Å²) in [6.07, 6.45) is -0.136. The number of hydrogen-bond donors (Lipinski definition) is 3. The quantitative estimate of drug-likeness (QED) is 0.461. The number of carbonyl (C=O) groups is 1. The molecule has 1 rings (SSSR count). The zero-order chi connectivity index (χ0) is 16.0. The van der Waals surface area contributed by atoms with E-state index in [0.717, 1.165) is 18.2 Å². The first-order chi connectivity index (χ1) is 9.77. The number of anilines is 1. The lowest BCUT2D eigenvalue weighted by atomic mass is 10.3. The first-order valence-corrected chi connectivity index (χ1v) is 7.56. The SMILES string of the molecule is CCNc1cc([N+](=O)[O-])ccc1S(=O)(=O)NCCC(N)=O. The predicted octanol–water partition coefficient (Wildman–Crippen LogP) is 0.180. The minimum Gasteiger partial charge on any atom is -0.384 e. The Labute approximate surface area is 121 Å². The second-order valence-corrected chi connectivity index (χ2v) is 5.82. The normalized spacial score (nSPS) is 11.1. The van der Waals surface area contributed by atoms with E-state index in [0.29, 0.717) is 6.54 Å². The molecule has 0 atom stereocenters. The molecule has 0 unspecified atom stereocenters. The van der Waals surface area contributed by atoms with Crippen LogP contribution in [0.1, 0.15) is 13.3 Å². The van der Waals surface area contributed by atoms with Crippen molar-refractivity contribution < 1.29 is 18.1 Å². The fourth-order valence-electron chi connectivity index (χ4n) is 1.58. The molecular formula is C11H16N4O5S. The summed E-state index contributed by atoms with van der Waals surface area (Å²) < 4.78 is 26.5. The van der Waals surface area contributed by atoms with Crippen molar-refractivity contribution in [2.45, 2.75) is 18.2 Å². The van der Waals surface area contributed by atoms with E-state index in [4.69, 9.17) is 5.73 Å². The van der Waals surface area contributed by atoms with Crippen molar-refractivity contribution in [3.63, 3.8) is 0 Å².